The van der Waals surface area contributed by atoms with Crippen molar-refractivity contribution in [1.29, 1.82) is 5.26 Å². The highest BCUT2D eigenvalue weighted by molar-refractivity contribution is 5.54. The molecule has 0 radical (unpaired) electrons. The number of ether oxygens (including phenoxy) is 1. The van der Waals surface area contributed by atoms with Crippen molar-refractivity contribution >= 4 is 5.69 Å². The normalized spacial score (nSPS) is 10.0. The molecule has 0 saturated carbocycles. The van der Waals surface area contributed by atoms with Crippen molar-refractivity contribution in [3.05, 3.63) is 53.1 Å². The zero-order chi connectivity index (χ0) is 14.0. The van der Waals surface area contributed by atoms with E-state index in [-0.39, 0.29) is 11.3 Å². The Hall–Kier alpha value is -2.61. The largest absolute Gasteiger partial charge is 0.451 e. The summed E-state index contributed by atoms with van der Waals surface area (Å²) in [6.45, 7) is 1.68. The van der Waals surface area contributed by atoms with Gasteiger partial charge in [0.2, 0.25) is 0 Å². The van der Waals surface area contributed by atoms with Crippen LogP contribution in [0.4, 0.5) is 14.5 Å². The minimum Gasteiger partial charge on any atom is -0.451 e. The Morgan fingerprint density at radius 2 is 1.84 bits per heavy atom. The molecule has 0 unspecified atom stereocenters. The van der Waals surface area contributed by atoms with E-state index in [0.717, 1.165) is 12.1 Å². The topological polar surface area (TPSA) is 59.0 Å². The van der Waals surface area contributed by atoms with Crippen molar-refractivity contribution in [3.8, 4) is 17.6 Å². The van der Waals surface area contributed by atoms with Crippen molar-refractivity contribution in [3.63, 3.8) is 0 Å². The second-order valence-corrected chi connectivity index (χ2v) is 3.95. The number of benzene rings is 2. The number of hydrogen-bond acceptors (Lipinski definition) is 3. The molecule has 0 aliphatic heterocycles. The molecular formula is C14H10F2N2O. The first-order chi connectivity index (χ1) is 9.02. The predicted octanol–water partition coefficient (Wildman–Crippen LogP) is 3.52. The number of nitrogen functional groups attached to an aromatic ring is 1. The number of nitrogens with two attached hydrogens (primary N) is 1. The Labute approximate surface area is 108 Å². The third-order valence-corrected chi connectivity index (χ3v) is 2.67. The van der Waals surface area contributed by atoms with Gasteiger partial charge >= 0.3 is 0 Å². The molecule has 3 nitrogen and oxygen atoms in total. The van der Waals surface area contributed by atoms with Crippen LogP contribution in [-0.2, 0) is 0 Å². The molecule has 0 aliphatic carbocycles. The lowest BCUT2D eigenvalue weighted by atomic mass is 10.2. The Morgan fingerprint density at radius 3 is 2.42 bits per heavy atom. The van der Waals surface area contributed by atoms with Crippen LogP contribution in [-0.4, -0.2) is 0 Å². The molecule has 2 aromatic rings. The molecule has 2 N–H and O–H groups in total. The fourth-order valence-corrected chi connectivity index (χ4v) is 1.57. The fourth-order valence-electron chi connectivity index (χ4n) is 1.57. The monoisotopic (exact) mass is 260 g/mol. The first-order valence-electron chi connectivity index (χ1n) is 5.45. The Balaban J connectivity index is 2.45. The summed E-state index contributed by atoms with van der Waals surface area (Å²) in [5.41, 5.74) is 6.63. The second-order valence-electron chi connectivity index (χ2n) is 3.95. The van der Waals surface area contributed by atoms with E-state index in [4.69, 9.17) is 15.7 Å². The van der Waals surface area contributed by atoms with Gasteiger partial charge < -0.3 is 10.5 Å². The number of nitriles is 1. The zero-order valence-corrected chi connectivity index (χ0v) is 10.1. The molecule has 0 aromatic heterocycles. The lowest BCUT2D eigenvalue weighted by molar-refractivity contribution is 0.405. The number of hydrogen-bond donors (Lipinski definition) is 1. The standard InChI is InChI=1S/C14H10F2N2O/c1-8-12(18)3-2-4-13(8)19-14-10(15)5-9(7-17)6-11(14)16/h2-6H,18H2,1H3. The zero-order valence-electron chi connectivity index (χ0n) is 10.1. The van der Waals surface area contributed by atoms with Crippen molar-refractivity contribution in [2.75, 3.05) is 5.73 Å². The quantitative estimate of drug-likeness (QED) is 0.840. The molecule has 0 amide bonds. The lowest BCUT2D eigenvalue weighted by Crippen LogP contribution is -1.97. The number of rotatable bonds is 2. The van der Waals surface area contributed by atoms with Crippen molar-refractivity contribution < 1.29 is 13.5 Å². The maximum atomic E-state index is 13.7. The van der Waals surface area contributed by atoms with Crippen molar-refractivity contribution in [2.45, 2.75) is 6.92 Å². The van der Waals surface area contributed by atoms with E-state index in [9.17, 15) is 8.78 Å². The molecule has 0 spiro atoms. The number of anilines is 1. The summed E-state index contributed by atoms with van der Waals surface area (Å²) in [7, 11) is 0. The Kier molecular flexibility index (Phi) is 3.34. The van der Waals surface area contributed by atoms with Crippen LogP contribution in [0.25, 0.3) is 0 Å². The maximum absolute atomic E-state index is 13.7. The minimum absolute atomic E-state index is 0.105. The van der Waals surface area contributed by atoms with E-state index in [1.807, 2.05) is 0 Å². The molecular weight excluding hydrogens is 250 g/mol. The smallest absolute Gasteiger partial charge is 0.198 e. The first-order valence-corrected chi connectivity index (χ1v) is 5.45. The van der Waals surface area contributed by atoms with Crippen LogP contribution in [0.15, 0.2) is 30.3 Å². The fraction of sp³-hybridized carbons (Fsp3) is 0.0714. The Bertz CT molecular complexity index is 655. The van der Waals surface area contributed by atoms with Gasteiger partial charge in [-0.1, -0.05) is 6.07 Å². The molecule has 0 atom stereocenters. The summed E-state index contributed by atoms with van der Waals surface area (Å²) in [4.78, 5) is 0. The average Bonchev–Trinajstić information content (AvgIpc) is 2.38. The summed E-state index contributed by atoms with van der Waals surface area (Å²) in [6.07, 6.45) is 0. The summed E-state index contributed by atoms with van der Waals surface area (Å²) in [5.74, 6) is -2.15. The SMILES string of the molecule is Cc1c(N)cccc1Oc1c(F)cc(C#N)cc1F. The maximum Gasteiger partial charge on any atom is 0.198 e. The van der Waals surface area contributed by atoms with Gasteiger partial charge in [-0.15, -0.1) is 0 Å². The molecule has 5 heteroatoms. The molecule has 96 valence electrons. The highest BCUT2D eigenvalue weighted by Gasteiger charge is 2.15. The highest BCUT2D eigenvalue weighted by atomic mass is 19.1. The molecule has 2 aromatic carbocycles. The predicted molar refractivity (Wildman–Crippen MR) is 66.7 cm³/mol. The van der Waals surface area contributed by atoms with Gasteiger partial charge in [-0.25, -0.2) is 8.78 Å². The average molecular weight is 260 g/mol. The number of halogens is 2. The van der Waals surface area contributed by atoms with Crippen LogP contribution in [0.5, 0.6) is 11.5 Å². The summed E-state index contributed by atoms with van der Waals surface area (Å²) >= 11 is 0. The van der Waals surface area contributed by atoms with E-state index in [1.54, 1.807) is 31.2 Å². The van der Waals surface area contributed by atoms with Gasteiger partial charge in [0.25, 0.3) is 0 Å². The molecule has 0 heterocycles. The van der Waals surface area contributed by atoms with Gasteiger partial charge in [-0.3, -0.25) is 0 Å². The number of nitrogens with zero attached hydrogens (tertiary/aromatic N) is 1. The highest BCUT2D eigenvalue weighted by Crippen LogP contribution is 2.32. The summed E-state index contributed by atoms with van der Waals surface area (Å²) < 4.78 is 32.5. The van der Waals surface area contributed by atoms with Crippen molar-refractivity contribution in [1.82, 2.24) is 0 Å². The third-order valence-electron chi connectivity index (χ3n) is 2.67. The molecule has 0 saturated heterocycles. The van der Waals surface area contributed by atoms with Crippen molar-refractivity contribution in [2.24, 2.45) is 0 Å². The van der Waals surface area contributed by atoms with E-state index in [2.05, 4.69) is 0 Å². The molecule has 0 bridgehead atoms. The van der Waals surface area contributed by atoms with Crippen LogP contribution < -0.4 is 10.5 Å². The Morgan fingerprint density at radius 1 is 1.21 bits per heavy atom. The van der Waals surface area contributed by atoms with Gasteiger partial charge in [-0.05, 0) is 31.2 Å². The van der Waals surface area contributed by atoms with Gasteiger partial charge in [-0.2, -0.15) is 5.26 Å². The van der Waals surface area contributed by atoms with Crippen LogP contribution in [0.2, 0.25) is 0 Å². The van der Waals surface area contributed by atoms with Crippen LogP contribution in [0.3, 0.4) is 0 Å². The van der Waals surface area contributed by atoms with E-state index < -0.39 is 17.4 Å². The molecule has 19 heavy (non-hydrogen) atoms. The summed E-state index contributed by atoms with van der Waals surface area (Å²) in [5, 5.41) is 8.61. The minimum atomic E-state index is -0.932. The van der Waals surface area contributed by atoms with E-state index in [0.29, 0.717) is 11.3 Å². The van der Waals surface area contributed by atoms with Gasteiger partial charge in [0.05, 0.1) is 11.6 Å². The van der Waals surface area contributed by atoms with Gasteiger partial charge in [0.15, 0.2) is 17.4 Å². The first kappa shape index (κ1) is 12.8. The van der Waals surface area contributed by atoms with Crippen LogP contribution in [0.1, 0.15) is 11.1 Å². The van der Waals surface area contributed by atoms with Gasteiger partial charge in [0.1, 0.15) is 5.75 Å². The lowest BCUT2D eigenvalue weighted by Gasteiger charge is -2.11. The second kappa shape index (κ2) is 4.94. The van der Waals surface area contributed by atoms with E-state index in [1.165, 1.54) is 0 Å². The molecule has 2 rings (SSSR count). The summed E-state index contributed by atoms with van der Waals surface area (Å²) in [6, 6.07) is 8.34. The van der Waals surface area contributed by atoms with Crippen LogP contribution >= 0.6 is 0 Å². The van der Waals surface area contributed by atoms with Crippen LogP contribution in [0, 0.1) is 29.9 Å². The molecule has 0 fully saturated rings. The molecule has 0 aliphatic rings. The van der Waals surface area contributed by atoms with E-state index >= 15 is 0 Å². The third kappa shape index (κ3) is 2.47. The van der Waals surface area contributed by atoms with Gasteiger partial charge in [0, 0.05) is 11.3 Å².